The van der Waals surface area contributed by atoms with Crippen LogP contribution in [0.25, 0.3) is 0 Å². The number of aryl methyl sites for hydroxylation is 2. The molecule has 0 fully saturated rings. The third-order valence-corrected chi connectivity index (χ3v) is 4.16. The van der Waals surface area contributed by atoms with Crippen molar-refractivity contribution in [2.24, 2.45) is 0 Å². The molecule has 0 radical (unpaired) electrons. The number of nitrogens with one attached hydrogen (secondary N) is 1. The largest absolute Gasteiger partial charge is 0.301 e. The van der Waals surface area contributed by atoms with Gasteiger partial charge in [-0.1, -0.05) is 29.0 Å². The van der Waals surface area contributed by atoms with Gasteiger partial charge in [-0.2, -0.15) is 0 Å². The minimum Gasteiger partial charge on any atom is -0.301 e. The third-order valence-electron chi connectivity index (χ3n) is 2.39. The Morgan fingerprint density at radius 2 is 2.00 bits per heavy atom. The zero-order chi connectivity index (χ0) is 13.7. The molecule has 0 spiro atoms. The molecule has 6 heteroatoms. The Morgan fingerprint density at radius 1 is 1.26 bits per heavy atom. The highest BCUT2D eigenvalue weighted by Gasteiger charge is 2.06. The van der Waals surface area contributed by atoms with Crippen molar-refractivity contribution in [3.8, 4) is 0 Å². The predicted molar refractivity (Wildman–Crippen MR) is 79.8 cm³/mol. The lowest BCUT2D eigenvalue weighted by Crippen LogP contribution is -2.11. The number of nitrogens with zero attached hydrogens (tertiary/aromatic N) is 2. The normalized spacial score (nSPS) is 10.4. The quantitative estimate of drug-likeness (QED) is 0.860. The molecule has 0 aliphatic carbocycles. The lowest BCUT2D eigenvalue weighted by atomic mass is 10.2. The number of anilines is 1. The summed E-state index contributed by atoms with van der Waals surface area (Å²) in [6.45, 7) is 3.92. The van der Waals surface area contributed by atoms with E-state index in [4.69, 9.17) is 0 Å². The zero-order valence-corrected chi connectivity index (χ0v) is 12.5. The summed E-state index contributed by atoms with van der Waals surface area (Å²) in [5.74, 6) is 0.739. The van der Waals surface area contributed by atoms with Crippen molar-refractivity contribution >= 4 is 34.1 Å². The third kappa shape index (κ3) is 4.65. The summed E-state index contributed by atoms with van der Waals surface area (Å²) in [6.07, 6.45) is 0.469. The zero-order valence-electron chi connectivity index (χ0n) is 10.8. The number of aromatic nitrogens is 2. The van der Waals surface area contributed by atoms with Crippen LogP contribution in [0, 0.1) is 13.8 Å². The Bertz CT molecular complexity index is 551. The summed E-state index contributed by atoms with van der Waals surface area (Å²) >= 11 is 3.07. The van der Waals surface area contributed by atoms with Gasteiger partial charge in [0.05, 0.1) is 0 Å². The monoisotopic (exact) mass is 293 g/mol. The van der Waals surface area contributed by atoms with Crippen LogP contribution in [0.4, 0.5) is 5.13 Å². The summed E-state index contributed by atoms with van der Waals surface area (Å²) < 4.78 is 0. The van der Waals surface area contributed by atoms with Crippen molar-refractivity contribution in [3.05, 3.63) is 34.8 Å². The lowest BCUT2D eigenvalue weighted by Gasteiger charge is -2.02. The van der Waals surface area contributed by atoms with Crippen LogP contribution in [0.2, 0.25) is 0 Å². The van der Waals surface area contributed by atoms with Crippen molar-refractivity contribution in [1.82, 2.24) is 10.2 Å². The predicted octanol–water partition coefficient (Wildman–Crippen LogP) is 3.28. The van der Waals surface area contributed by atoms with E-state index < -0.39 is 0 Å². The molecule has 2 rings (SSSR count). The SMILES string of the molecule is Cc1ccc(SCCC(=O)Nc2nnc(C)s2)cc1. The van der Waals surface area contributed by atoms with E-state index in [2.05, 4.69) is 46.7 Å². The topological polar surface area (TPSA) is 54.9 Å². The van der Waals surface area contributed by atoms with Gasteiger partial charge in [0.25, 0.3) is 0 Å². The second-order valence-corrected chi connectivity index (χ2v) is 6.44. The van der Waals surface area contributed by atoms with Gasteiger partial charge in [-0.05, 0) is 26.0 Å². The van der Waals surface area contributed by atoms with Crippen LogP contribution in [0.3, 0.4) is 0 Å². The fourth-order valence-electron chi connectivity index (χ4n) is 1.42. The number of hydrogen-bond acceptors (Lipinski definition) is 5. The van der Waals surface area contributed by atoms with E-state index in [9.17, 15) is 4.79 Å². The van der Waals surface area contributed by atoms with Crippen LogP contribution in [0.5, 0.6) is 0 Å². The van der Waals surface area contributed by atoms with E-state index in [1.807, 2.05) is 6.92 Å². The Hall–Kier alpha value is -1.40. The van der Waals surface area contributed by atoms with Crippen LogP contribution in [-0.2, 0) is 4.79 Å². The molecular formula is C13H15N3OS2. The second-order valence-electron chi connectivity index (χ2n) is 4.09. The van der Waals surface area contributed by atoms with Gasteiger partial charge in [-0.15, -0.1) is 22.0 Å². The van der Waals surface area contributed by atoms with Gasteiger partial charge in [-0.25, -0.2) is 0 Å². The van der Waals surface area contributed by atoms with Crippen LogP contribution in [-0.4, -0.2) is 21.9 Å². The molecule has 0 saturated heterocycles. The molecule has 0 unspecified atom stereocenters. The fourth-order valence-corrected chi connectivity index (χ4v) is 2.88. The van der Waals surface area contributed by atoms with Crippen molar-refractivity contribution in [3.63, 3.8) is 0 Å². The Labute approximate surface area is 120 Å². The van der Waals surface area contributed by atoms with Gasteiger partial charge in [0.1, 0.15) is 5.01 Å². The highest BCUT2D eigenvalue weighted by atomic mass is 32.2. The van der Waals surface area contributed by atoms with Gasteiger partial charge in [-0.3, -0.25) is 4.79 Å². The average Bonchev–Trinajstić information content (AvgIpc) is 2.77. The number of rotatable bonds is 5. The summed E-state index contributed by atoms with van der Waals surface area (Å²) in [6, 6.07) is 8.30. The number of thioether (sulfide) groups is 1. The molecule has 1 aromatic carbocycles. The minimum absolute atomic E-state index is 0.0178. The van der Waals surface area contributed by atoms with Crippen LogP contribution >= 0.6 is 23.1 Å². The van der Waals surface area contributed by atoms with Crippen molar-refractivity contribution in [2.45, 2.75) is 25.2 Å². The Balaban J connectivity index is 1.73. The van der Waals surface area contributed by atoms with Crippen molar-refractivity contribution < 1.29 is 4.79 Å². The summed E-state index contributed by atoms with van der Waals surface area (Å²) in [4.78, 5) is 12.9. The molecule has 19 heavy (non-hydrogen) atoms. The van der Waals surface area contributed by atoms with E-state index in [0.717, 1.165) is 10.8 Å². The first-order valence-electron chi connectivity index (χ1n) is 5.93. The van der Waals surface area contributed by atoms with E-state index in [1.165, 1.54) is 21.8 Å². The Kier molecular flexibility index (Phi) is 4.93. The highest BCUT2D eigenvalue weighted by Crippen LogP contribution is 2.19. The molecule has 1 amide bonds. The molecule has 0 aliphatic rings. The number of carbonyl (C=O) groups excluding carboxylic acids is 1. The lowest BCUT2D eigenvalue weighted by molar-refractivity contribution is -0.115. The van der Waals surface area contributed by atoms with E-state index in [0.29, 0.717) is 11.6 Å². The molecule has 1 heterocycles. The first kappa shape index (κ1) is 14.0. The second kappa shape index (κ2) is 6.68. The molecule has 0 atom stereocenters. The van der Waals surface area contributed by atoms with Crippen LogP contribution < -0.4 is 5.32 Å². The molecule has 2 aromatic rings. The first-order chi connectivity index (χ1) is 9.13. The fraction of sp³-hybridized carbons (Fsp3) is 0.308. The minimum atomic E-state index is -0.0178. The average molecular weight is 293 g/mol. The first-order valence-corrected chi connectivity index (χ1v) is 7.73. The maximum absolute atomic E-state index is 11.7. The highest BCUT2D eigenvalue weighted by molar-refractivity contribution is 7.99. The number of carbonyl (C=O) groups is 1. The summed E-state index contributed by atoms with van der Waals surface area (Å²) in [7, 11) is 0. The van der Waals surface area contributed by atoms with Gasteiger partial charge in [0.2, 0.25) is 11.0 Å². The number of amides is 1. The van der Waals surface area contributed by atoms with Gasteiger partial charge in [0, 0.05) is 17.1 Å². The van der Waals surface area contributed by atoms with Gasteiger partial charge in [0.15, 0.2) is 0 Å². The molecule has 0 aliphatic heterocycles. The van der Waals surface area contributed by atoms with Crippen molar-refractivity contribution in [1.29, 1.82) is 0 Å². The maximum atomic E-state index is 11.7. The molecule has 0 bridgehead atoms. The van der Waals surface area contributed by atoms with E-state index in [-0.39, 0.29) is 5.91 Å². The van der Waals surface area contributed by atoms with Crippen molar-refractivity contribution in [2.75, 3.05) is 11.1 Å². The molecule has 0 saturated carbocycles. The molecule has 4 nitrogen and oxygen atoms in total. The smallest absolute Gasteiger partial charge is 0.227 e. The molecule has 100 valence electrons. The summed E-state index contributed by atoms with van der Waals surface area (Å²) in [5.41, 5.74) is 1.24. The summed E-state index contributed by atoms with van der Waals surface area (Å²) in [5, 5.41) is 11.9. The van der Waals surface area contributed by atoms with E-state index >= 15 is 0 Å². The molecule has 1 aromatic heterocycles. The molecule has 1 N–H and O–H groups in total. The Morgan fingerprint density at radius 3 is 2.63 bits per heavy atom. The van der Waals surface area contributed by atoms with Crippen LogP contribution in [0.1, 0.15) is 17.0 Å². The van der Waals surface area contributed by atoms with Crippen LogP contribution in [0.15, 0.2) is 29.2 Å². The maximum Gasteiger partial charge on any atom is 0.227 e. The number of benzene rings is 1. The van der Waals surface area contributed by atoms with Gasteiger partial charge >= 0.3 is 0 Å². The molecular weight excluding hydrogens is 278 g/mol. The number of hydrogen-bond donors (Lipinski definition) is 1. The van der Waals surface area contributed by atoms with E-state index in [1.54, 1.807) is 11.8 Å². The van der Waals surface area contributed by atoms with Gasteiger partial charge < -0.3 is 5.32 Å². The standard InChI is InChI=1S/C13H15N3OS2/c1-9-3-5-11(6-4-9)18-8-7-12(17)14-13-16-15-10(2)19-13/h3-6H,7-8H2,1-2H3,(H,14,16,17).